The van der Waals surface area contributed by atoms with Crippen molar-refractivity contribution < 1.29 is 4.74 Å². The van der Waals surface area contributed by atoms with Crippen LogP contribution in [0.2, 0.25) is 5.02 Å². The normalized spacial score (nSPS) is 12.2. The van der Waals surface area contributed by atoms with Gasteiger partial charge >= 0.3 is 0 Å². The van der Waals surface area contributed by atoms with E-state index in [0.717, 1.165) is 23.0 Å². The Bertz CT molecular complexity index is 586. The van der Waals surface area contributed by atoms with Gasteiger partial charge in [-0.3, -0.25) is 0 Å². The van der Waals surface area contributed by atoms with Crippen LogP contribution in [0, 0.1) is 0 Å². The van der Waals surface area contributed by atoms with Gasteiger partial charge in [-0.1, -0.05) is 52.7 Å². The molecule has 0 aliphatic carbocycles. The monoisotopic (exact) mass is 367 g/mol. The molecule has 0 bridgehead atoms. The molecule has 1 N–H and O–H groups in total. The quantitative estimate of drug-likeness (QED) is 0.756. The van der Waals surface area contributed by atoms with Crippen LogP contribution < -0.4 is 10.1 Å². The molecule has 0 saturated carbocycles. The first-order valence-corrected chi connectivity index (χ1v) is 8.15. The maximum Gasteiger partial charge on any atom is 0.137 e. The van der Waals surface area contributed by atoms with E-state index in [0.29, 0.717) is 10.8 Å². The highest BCUT2D eigenvalue weighted by atomic mass is 79.9. The van der Waals surface area contributed by atoms with Gasteiger partial charge in [-0.2, -0.15) is 0 Å². The minimum atomic E-state index is 0.129. The summed E-state index contributed by atoms with van der Waals surface area (Å²) in [6, 6.07) is 14.4. The van der Waals surface area contributed by atoms with Crippen LogP contribution in [0.25, 0.3) is 0 Å². The van der Waals surface area contributed by atoms with Crippen molar-refractivity contribution in [3.8, 4) is 5.75 Å². The molecule has 0 spiro atoms. The Morgan fingerprint density at radius 3 is 2.43 bits per heavy atom. The van der Waals surface area contributed by atoms with Gasteiger partial charge in [0.2, 0.25) is 0 Å². The van der Waals surface area contributed by atoms with E-state index >= 15 is 0 Å². The minimum Gasteiger partial charge on any atom is -0.495 e. The zero-order chi connectivity index (χ0) is 15.2. The van der Waals surface area contributed by atoms with Crippen LogP contribution in [0.15, 0.2) is 46.9 Å². The number of hydrogen-bond donors (Lipinski definition) is 1. The number of benzene rings is 2. The molecule has 0 radical (unpaired) electrons. The van der Waals surface area contributed by atoms with Crippen LogP contribution in [0.5, 0.6) is 5.75 Å². The maximum atomic E-state index is 6.12. The van der Waals surface area contributed by atoms with Crippen LogP contribution in [0.1, 0.15) is 30.5 Å². The van der Waals surface area contributed by atoms with E-state index in [1.165, 1.54) is 5.56 Å². The molecule has 2 aromatic rings. The van der Waals surface area contributed by atoms with E-state index in [-0.39, 0.29) is 6.04 Å². The topological polar surface area (TPSA) is 21.3 Å². The van der Waals surface area contributed by atoms with E-state index < -0.39 is 0 Å². The van der Waals surface area contributed by atoms with Gasteiger partial charge in [0.15, 0.2) is 0 Å². The van der Waals surface area contributed by atoms with Crippen LogP contribution in [0.3, 0.4) is 0 Å². The molecule has 0 amide bonds. The summed E-state index contributed by atoms with van der Waals surface area (Å²) in [4.78, 5) is 0. The van der Waals surface area contributed by atoms with Crippen molar-refractivity contribution in [2.24, 2.45) is 0 Å². The van der Waals surface area contributed by atoms with Gasteiger partial charge in [-0.05, 0) is 48.4 Å². The van der Waals surface area contributed by atoms with Crippen LogP contribution in [0.4, 0.5) is 0 Å². The Kier molecular flexibility index (Phi) is 6.09. The van der Waals surface area contributed by atoms with Crippen molar-refractivity contribution in [2.75, 3.05) is 13.7 Å². The average molecular weight is 369 g/mol. The summed E-state index contributed by atoms with van der Waals surface area (Å²) in [6.45, 7) is 3.11. The third-order valence-corrected chi connectivity index (χ3v) is 4.15. The molecule has 0 aliphatic heterocycles. The summed E-state index contributed by atoms with van der Waals surface area (Å²) in [5, 5.41) is 4.21. The van der Waals surface area contributed by atoms with Crippen LogP contribution in [-0.4, -0.2) is 13.7 Å². The fourth-order valence-electron chi connectivity index (χ4n) is 2.23. The maximum absolute atomic E-state index is 6.12. The Balaban J connectivity index is 2.37. The predicted molar refractivity (Wildman–Crippen MR) is 92.3 cm³/mol. The predicted octanol–water partition coefficient (Wildman–Crippen LogP) is 5.20. The summed E-state index contributed by atoms with van der Waals surface area (Å²) < 4.78 is 6.41. The summed E-state index contributed by atoms with van der Waals surface area (Å²) in [7, 11) is 1.64. The molecule has 112 valence electrons. The zero-order valence-corrected chi connectivity index (χ0v) is 14.5. The van der Waals surface area contributed by atoms with Crippen LogP contribution >= 0.6 is 27.5 Å². The van der Waals surface area contributed by atoms with Crippen molar-refractivity contribution in [1.82, 2.24) is 5.32 Å². The SMILES string of the molecule is CCCNC(c1ccc(Br)cc1)c1ccc(Cl)c(OC)c1. The van der Waals surface area contributed by atoms with Crippen molar-refractivity contribution in [3.05, 3.63) is 63.1 Å². The summed E-state index contributed by atoms with van der Waals surface area (Å²) in [6.07, 6.45) is 1.08. The Labute approximate surface area is 139 Å². The number of ether oxygens (including phenoxy) is 1. The van der Waals surface area contributed by atoms with Crippen LogP contribution in [-0.2, 0) is 0 Å². The van der Waals surface area contributed by atoms with E-state index in [9.17, 15) is 0 Å². The second kappa shape index (κ2) is 7.83. The van der Waals surface area contributed by atoms with Gasteiger partial charge in [0.25, 0.3) is 0 Å². The molecule has 0 saturated heterocycles. The largest absolute Gasteiger partial charge is 0.495 e. The highest BCUT2D eigenvalue weighted by Gasteiger charge is 2.15. The molecule has 21 heavy (non-hydrogen) atoms. The Morgan fingerprint density at radius 1 is 1.14 bits per heavy atom. The highest BCUT2D eigenvalue weighted by Crippen LogP contribution is 2.31. The third-order valence-electron chi connectivity index (χ3n) is 3.31. The molecule has 2 rings (SSSR count). The first kappa shape index (κ1) is 16.3. The van der Waals surface area contributed by atoms with E-state index in [2.05, 4.69) is 52.4 Å². The molecule has 2 nitrogen and oxygen atoms in total. The fraction of sp³-hybridized carbons (Fsp3) is 0.294. The first-order chi connectivity index (χ1) is 10.2. The second-order valence-corrected chi connectivity index (χ2v) is 6.16. The highest BCUT2D eigenvalue weighted by molar-refractivity contribution is 9.10. The first-order valence-electron chi connectivity index (χ1n) is 6.98. The molecular weight excluding hydrogens is 350 g/mol. The van der Waals surface area contributed by atoms with Crippen molar-refractivity contribution >= 4 is 27.5 Å². The van der Waals surface area contributed by atoms with Crippen molar-refractivity contribution in [1.29, 1.82) is 0 Å². The van der Waals surface area contributed by atoms with E-state index in [1.54, 1.807) is 7.11 Å². The standard InChI is InChI=1S/C17H19BrClNO/c1-3-10-20-17(12-4-7-14(18)8-5-12)13-6-9-15(19)16(11-13)21-2/h4-9,11,17,20H,3,10H2,1-2H3. The third kappa shape index (κ3) is 4.22. The van der Waals surface area contributed by atoms with Gasteiger partial charge in [-0.15, -0.1) is 0 Å². The minimum absolute atomic E-state index is 0.129. The van der Waals surface area contributed by atoms with Gasteiger partial charge < -0.3 is 10.1 Å². The second-order valence-electron chi connectivity index (χ2n) is 4.83. The van der Waals surface area contributed by atoms with Gasteiger partial charge in [-0.25, -0.2) is 0 Å². The summed E-state index contributed by atoms with van der Waals surface area (Å²) in [5.41, 5.74) is 2.36. The number of methoxy groups -OCH3 is 1. The molecule has 1 atom stereocenters. The lowest BCUT2D eigenvalue weighted by Gasteiger charge is -2.20. The zero-order valence-electron chi connectivity index (χ0n) is 12.2. The fourth-order valence-corrected chi connectivity index (χ4v) is 2.69. The molecule has 0 aliphatic rings. The lowest BCUT2D eigenvalue weighted by Crippen LogP contribution is -2.23. The lowest BCUT2D eigenvalue weighted by molar-refractivity contribution is 0.414. The Hall–Kier alpha value is -1.03. The van der Waals surface area contributed by atoms with Crippen molar-refractivity contribution in [3.63, 3.8) is 0 Å². The van der Waals surface area contributed by atoms with Crippen molar-refractivity contribution in [2.45, 2.75) is 19.4 Å². The number of hydrogen-bond acceptors (Lipinski definition) is 2. The number of halogens is 2. The molecule has 4 heteroatoms. The lowest BCUT2D eigenvalue weighted by atomic mass is 9.98. The summed E-state index contributed by atoms with van der Waals surface area (Å²) in [5.74, 6) is 0.703. The average Bonchev–Trinajstić information content (AvgIpc) is 2.50. The summed E-state index contributed by atoms with van der Waals surface area (Å²) >= 11 is 9.60. The molecule has 1 unspecified atom stereocenters. The van der Waals surface area contributed by atoms with Gasteiger partial charge in [0, 0.05) is 4.47 Å². The molecule has 0 heterocycles. The molecular formula is C17H19BrClNO. The smallest absolute Gasteiger partial charge is 0.137 e. The van der Waals surface area contributed by atoms with E-state index in [4.69, 9.17) is 16.3 Å². The molecule has 0 aromatic heterocycles. The van der Waals surface area contributed by atoms with Gasteiger partial charge in [0.1, 0.15) is 5.75 Å². The molecule has 2 aromatic carbocycles. The molecule has 0 fully saturated rings. The number of rotatable bonds is 6. The van der Waals surface area contributed by atoms with Gasteiger partial charge in [0.05, 0.1) is 18.2 Å². The Morgan fingerprint density at radius 2 is 1.81 bits per heavy atom. The number of nitrogens with one attached hydrogen (secondary N) is 1. The van der Waals surface area contributed by atoms with E-state index in [1.807, 2.05) is 18.2 Å².